The van der Waals surface area contributed by atoms with E-state index in [4.69, 9.17) is 18.9 Å². The predicted molar refractivity (Wildman–Crippen MR) is 125 cm³/mol. The second-order valence-corrected chi connectivity index (χ2v) is 6.41. The fraction of sp³-hybridized carbons (Fsp3) is 0.650. The summed E-state index contributed by atoms with van der Waals surface area (Å²) in [5.74, 6) is 3.08. The summed E-state index contributed by atoms with van der Waals surface area (Å²) in [6, 6.07) is 3.84. The third kappa shape index (κ3) is 8.30. The molecule has 0 aliphatic heterocycles. The number of halogens is 1. The van der Waals surface area contributed by atoms with Crippen molar-refractivity contribution in [3.63, 3.8) is 0 Å². The average molecular weight is 509 g/mol. The Morgan fingerprint density at radius 1 is 1.04 bits per heavy atom. The van der Waals surface area contributed by atoms with Crippen molar-refractivity contribution in [2.24, 2.45) is 10.9 Å². The van der Waals surface area contributed by atoms with Gasteiger partial charge in [-0.25, -0.2) is 0 Å². The molecule has 0 saturated carbocycles. The SMILES string of the molecule is CCOC(CCNC(=NC)NCc1cc(OC)c(OC)c(OC)c1)C(C)C.I. The molecule has 2 N–H and O–H groups in total. The van der Waals surface area contributed by atoms with Gasteiger partial charge in [-0.15, -0.1) is 24.0 Å². The molecule has 28 heavy (non-hydrogen) atoms. The zero-order chi connectivity index (χ0) is 20.2. The van der Waals surface area contributed by atoms with E-state index in [2.05, 4.69) is 29.5 Å². The zero-order valence-electron chi connectivity index (χ0n) is 18.1. The molecular weight excluding hydrogens is 473 g/mol. The van der Waals surface area contributed by atoms with Crippen molar-refractivity contribution >= 4 is 29.9 Å². The lowest BCUT2D eigenvalue weighted by Gasteiger charge is -2.21. The van der Waals surface area contributed by atoms with Crippen LogP contribution in [0.15, 0.2) is 17.1 Å². The number of hydrogen-bond donors (Lipinski definition) is 2. The van der Waals surface area contributed by atoms with Gasteiger partial charge in [0.05, 0.1) is 27.4 Å². The fourth-order valence-corrected chi connectivity index (χ4v) is 2.80. The van der Waals surface area contributed by atoms with E-state index in [0.29, 0.717) is 29.7 Å². The van der Waals surface area contributed by atoms with Crippen molar-refractivity contribution in [1.29, 1.82) is 0 Å². The molecule has 0 bridgehead atoms. The van der Waals surface area contributed by atoms with Crippen LogP contribution in [0.3, 0.4) is 0 Å². The van der Waals surface area contributed by atoms with Crippen LogP contribution in [-0.2, 0) is 11.3 Å². The van der Waals surface area contributed by atoms with E-state index in [9.17, 15) is 0 Å². The Bertz CT molecular complexity index is 572. The minimum absolute atomic E-state index is 0. The molecule has 1 rings (SSSR count). The highest BCUT2D eigenvalue weighted by Gasteiger charge is 2.14. The number of rotatable bonds is 11. The van der Waals surface area contributed by atoms with Gasteiger partial charge in [0.15, 0.2) is 17.5 Å². The molecule has 1 unspecified atom stereocenters. The number of methoxy groups -OCH3 is 3. The fourth-order valence-electron chi connectivity index (χ4n) is 2.80. The maximum atomic E-state index is 5.78. The van der Waals surface area contributed by atoms with Gasteiger partial charge in [-0.1, -0.05) is 13.8 Å². The van der Waals surface area contributed by atoms with E-state index in [1.807, 2.05) is 19.1 Å². The summed E-state index contributed by atoms with van der Waals surface area (Å²) in [4.78, 5) is 4.28. The van der Waals surface area contributed by atoms with E-state index in [1.54, 1.807) is 28.4 Å². The molecule has 162 valence electrons. The van der Waals surface area contributed by atoms with Crippen LogP contribution < -0.4 is 24.8 Å². The maximum Gasteiger partial charge on any atom is 0.203 e. The lowest BCUT2D eigenvalue weighted by Crippen LogP contribution is -2.38. The number of hydrogen-bond acceptors (Lipinski definition) is 5. The van der Waals surface area contributed by atoms with Crippen LogP contribution in [0.25, 0.3) is 0 Å². The van der Waals surface area contributed by atoms with Gasteiger partial charge in [-0.2, -0.15) is 0 Å². The summed E-state index contributed by atoms with van der Waals surface area (Å²) in [5, 5.41) is 6.64. The van der Waals surface area contributed by atoms with E-state index in [0.717, 1.165) is 31.1 Å². The Labute approximate surface area is 186 Å². The van der Waals surface area contributed by atoms with Crippen LogP contribution in [0.5, 0.6) is 17.2 Å². The van der Waals surface area contributed by atoms with Crippen LogP contribution in [0.2, 0.25) is 0 Å². The third-order valence-corrected chi connectivity index (χ3v) is 4.25. The Morgan fingerprint density at radius 2 is 1.64 bits per heavy atom. The molecule has 0 spiro atoms. The Morgan fingerprint density at radius 3 is 2.07 bits per heavy atom. The topological polar surface area (TPSA) is 73.3 Å². The van der Waals surface area contributed by atoms with Crippen molar-refractivity contribution in [3.05, 3.63) is 17.7 Å². The summed E-state index contributed by atoms with van der Waals surface area (Å²) in [5.41, 5.74) is 1.00. The number of benzene rings is 1. The lowest BCUT2D eigenvalue weighted by atomic mass is 10.0. The molecule has 1 aromatic rings. The molecule has 7 nitrogen and oxygen atoms in total. The smallest absolute Gasteiger partial charge is 0.203 e. The van der Waals surface area contributed by atoms with E-state index in [1.165, 1.54) is 0 Å². The summed E-state index contributed by atoms with van der Waals surface area (Å²) < 4.78 is 21.9. The standard InChI is InChI=1S/C20H35N3O4.HI/c1-8-27-16(14(2)3)9-10-22-20(21-4)23-13-15-11-17(24-5)19(26-7)18(12-15)25-6;/h11-12,14,16H,8-10,13H2,1-7H3,(H2,21,22,23);1H. The normalized spacial score (nSPS) is 12.2. The van der Waals surface area contributed by atoms with Gasteiger partial charge >= 0.3 is 0 Å². The largest absolute Gasteiger partial charge is 0.493 e. The molecule has 1 atom stereocenters. The number of ether oxygens (including phenoxy) is 4. The van der Waals surface area contributed by atoms with Gasteiger partial charge in [-0.05, 0) is 37.0 Å². The molecule has 0 aromatic heterocycles. The minimum Gasteiger partial charge on any atom is -0.493 e. The molecule has 0 fully saturated rings. The number of nitrogens with one attached hydrogen (secondary N) is 2. The first kappa shape index (κ1) is 26.6. The van der Waals surface area contributed by atoms with Crippen molar-refractivity contribution in [2.45, 2.75) is 39.8 Å². The van der Waals surface area contributed by atoms with Crippen molar-refractivity contribution in [2.75, 3.05) is 41.5 Å². The predicted octanol–water partition coefficient (Wildman–Crippen LogP) is 3.45. The molecule has 8 heteroatoms. The maximum absolute atomic E-state index is 5.78. The first-order valence-electron chi connectivity index (χ1n) is 9.35. The number of aliphatic imine (C=N–C) groups is 1. The quantitative estimate of drug-likeness (QED) is 0.271. The highest BCUT2D eigenvalue weighted by atomic mass is 127. The Hall–Kier alpha value is -1.42. The molecule has 0 aliphatic carbocycles. The Balaban J connectivity index is 0.00000729. The summed E-state index contributed by atoms with van der Waals surface area (Å²) >= 11 is 0. The van der Waals surface area contributed by atoms with Gasteiger partial charge < -0.3 is 29.6 Å². The molecule has 0 saturated heterocycles. The molecule has 0 amide bonds. The number of guanidine groups is 1. The van der Waals surface area contributed by atoms with Gasteiger partial charge in [0.2, 0.25) is 5.75 Å². The van der Waals surface area contributed by atoms with Gasteiger partial charge in [0, 0.05) is 26.7 Å². The molecule has 0 aliphatic rings. The van der Waals surface area contributed by atoms with Crippen LogP contribution in [0, 0.1) is 5.92 Å². The monoisotopic (exact) mass is 509 g/mol. The average Bonchev–Trinajstić information content (AvgIpc) is 2.68. The second-order valence-electron chi connectivity index (χ2n) is 6.41. The highest BCUT2D eigenvalue weighted by Crippen LogP contribution is 2.38. The summed E-state index contributed by atoms with van der Waals surface area (Å²) in [6.45, 7) is 8.49. The summed E-state index contributed by atoms with van der Waals surface area (Å²) in [7, 11) is 6.57. The van der Waals surface area contributed by atoms with Crippen LogP contribution in [0.4, 0.5) is 0 Å². The van der Waals surface area contributed by atoms with E-state index < -0.39 is 0 Å². The van der Waals surface area contributed by atoms with Gasteiger partial charge in [0.25, 0.3) is 0 Å². The Kier molecular flexibility index (Phi) is 13.8. The first-order chi connectivity index (χ1) is 13.0. The molecular formula is C20H36IN3O4. The molecule has 0 radical (unpaired) electrons. The number of nitrogens with zero attached hydrogens (tertiary/aromatic N) is 1. The highest BCUT2D eigenvalue weighted by molar-refractivity contribution is 14.0. The minimum atomic E-state index is 0. The summed E-state index contributed by atoms with van der Waals surface area (Å²) in [6.07, 6.45) is 1.17. The van der Waals surface area contributed by atoms with E-state index in [-0.39, 0.29) is 30.1 Å². The van der Waals surface area contributed by atoms with Crippen molar-refractivity contribution in [3.8, 4) is 17.2 Å². The van der Waals surface area contributed by atoms with Gasteiger partial charge in [0.1, 0.15) is 0 Å². The zero-order valence-corrected chi connectivity index (χ0v) is 20.5. The second kappa shape index (κ2) is 14.6. The van der Waals surface area contributed by atoms with Crippen molar-refractivity contribution < 1.29 is 18.9 Å². The van der Waals surface area contributed by atoms with Gasteiger partial charge in [-0.3, -0.25) is 4.99 Å². The molecule has 0 heterocycles. The molecule has 1 aromatic carbocycles. The first-order valence-corrected chi connectivity index (χ1v) is 9.35. The van der Waals surface area contributed by atoms with Crippen LogP contribution in [0.1, 0.15) is 32.8 Å². The van der Waals surface area contributed by atoms with Crippen molar-refractivity contribution in [1.82, 2.24) is 10.6 Å². The van der Waals surface area contributed by atoms with Crippen LogP contribution in [-0.4, -0.2) is 53.6 Å². The van der Waals surface area contributed by atoms with Crippen LogP contribution >= 0.6 is 24.0 Å². The third-order valence-electron chi connectivity index (χ3n) is 4.25. The lowest BCUT2D eigenvalue weighted by molar-refractivity contribution is 0.0258. The van der Waals surface area contributed by atoms with E-state index >= 15 is 0 Å².